The maximum absolute atomic E-state index is 11.9. The third-order valence-electron chi connectivity index (χ3n) is 4.07. The van der Waals surface area contributed by atoms with Crippen LogP contribution in [0.1, 0.15) is 23.6 Å². The molecule has 0 N–H and O–H groups in total. The van der Waals surface area contributed by atoms with Gasteiger partial charge in [-0.15, -0.1) is 5.10 Å². The number of nitrogens with zero attached hydrogens (tertiary/aromatic N) is 3. The van der Waals surface area contributed by atoms with Gasteiger partial charge in [-0.3, -0.25) is 9.78 Å². The molecule has 1 fully saturated rings. The van der Waals surface area contributed by atoms with Crippen molar-refractivity contribution in [2.75, 3.05) is 6.61 Å². The van der Waals surface area contributed by atoms with Crippen molar-refractivity contribution < 1.29 is 4.74 Å². The van der Waals surface area contributed by atoms with Gasteiger partial charge in [0.1, 0.15) is 7.85 Å². The van der Waals surface area contributed by atoms with E-state index in [4.69, 9.17) is 4.74 Å². The molecule has 1 aliphatic rings. The standard InChI is InChI=1S/C16H20BN3O2/c1-20-16(21)11(5-6-17)9-15(19-20)22-10-12-8-13(12)14-4-2-3-7-18-14/h2-4,7,9,12-13H,5-6,8,10,17H2,1H3/t12-,13+/m1/s1. The molecule has 3 rings (SSSR count). The van der Waals surface area contributed by atoms with Gasteiger partial charge in [0.05, 0.1) is 6.61 Å². The van der Waals surface area contributed by atoms with Crippen LogP contribution in [-0.4, -0.2) is 29.2 Å². The van der Waals surface area contributed by atoms with E-state index in [2.05, 4.69) is 24.0 Å². The highest BCUT2D eigenvalue weighted by Gasteiger charge is 2.39. The molecule has 6 heteroatoms. The van der Waals surface area contributed by atoms with Gasteiger partial charge < -0.3 is 4.74 Å². The Bertz CT molecular complexity index is 702. The minimum atomic E-state index is -0.0352. The van der Waals surface area contributed by atoms with Gasteiger partial charge >= 0.3 is 0 Å². The molecule has 0 bridgehead atoms. The van der Waals surface area contributed by atoms with E-state index in [9.17, 15) is 4.79 Å². The normalized spacial score (nSPS) is 19.9. The minimum Gasteiger partial charge on any atom is -0.476 e. The molecule has 5 nitrogen and oxygen atoms in total. The molecule has 0 unspecified atom stereocenters. The van der Waals surface area contributed by atoms with Gasteiger partial charge in [-0.05, 0) is 25.0 Å². The number of pyridine rings is 1. The summed E-state index contributed by atoms with van der Waals surface area (Å²) in [6.45, 7) is 0.623. The Morgan fingerprint density at radius 3 is 3.05 bits per heavy atom. The molecule has 1 saturated carbocycles. The van der Waals surface area contributed by atoms with E-state index in [0.717, 1.165) is 30.4 Å². The Balaban J connectivity index is 1.62. The van der Waals surface area contributed by atoms with Crippen LogP contribution < -0.4 is 10.3 Å². The average Bonchev–Trinajstić information content (AvgIpc) is 3.31. The van der Waals surface area contributed by atoms with Crippen molar-refractivity contribution in [2.45, 2.75) is 25.1 Å². The van der Waals surface area contributed by atoms with Crippen molar-refractivity contribution >= 4 is 7.85 Å². The summed E-state index contributed by atoms with van der Waals surface area (Å²) in [6.07, 6.45) is 4.62. The Hall–Kier alpha value is -2.11. The highest BCUT2D eigenvalue weighted by Crippen LogP contribution is 2.46. The lowest BCUT2D eigenvalue weighted by molar-refractivity contribution is 0.277. The maximum Gasteiger partial charge on any atom is 0.269 e. The molecule has 0 aromatic carbocycles. The molecular formula is C16H20BN3O2. The SMILES string of the molecule is BCCc1cc(OC[C@H]2C[C@@H]2c2ccccn2)nn(C)c1=O. The lowest BCUT2D eigenvalue weighted by Crippen LogP contribution is -2.24. The molecule has 0 spiro atoms. The molecule has 1 aliphatic carbocycles. The van der Waals surface area contributed by atoms with E-state index in [1.165, 1.54) is 4.68 Å². The Morgan fingerprint density at radius 2 is 2.32 bits per heavy atom. The Kier molecular flexibility index (Phi) is 4.27. The molecule has 22 heavy (non-hydrogen) atoms. The van der Waals surface area contributed by atoms with Gasteiger partial charge in [0.2, 0.25) is 5.88 Å². The number of ether oxygens (including phenoxy) is 1. The van der Waals surface area contributed by atoms with E-state index in [1.807, 2.05) is 18.3 Å². The van der Waals surface area contributed by atoms with Gasteiger partial charge in [-0.25, -0.2) is 4.68 Å². The lowest BCUT2D eigenvalue weighted by Gasteiger charge is -2.08. The summed E-state index contributed by atoms with van der Waals surface area (Å²) in [7, 11) is 3.73. The molecule has 0 amide bonds. The summed E-state index contributed by atoms with van der Waals surface area (Å²) in [6, 6.07) is 7.80. The first-order valence-electron chi connectivity index (χ1n) is 7.80. The fourth-order valence-electron chi connectivity index (χ4n) is 2.74. The van der Waals surface area contributed by atoms with Crippen molar-refractivity contribution in [1.29, 1.82) is 0 Å². The largest absolute Gasteiger partial charge is 0.476 e. The number of aromatic nitrogens is 3. The van der Waals surface area contributed by atoms with Gasteiger partial charge in [-0.1, -0.05) is 12.4 Å². The third kappa shape index (κ3) is 3.21. The molecule has 2 atom stereocenters. The van der Waals surface area contributed by atoms with Crippen molar-refractivity contribution in [3.05, 3.63) is 52.1 Å². The maximum atomic E-state index is 11.9. The first kappa shape index (κ1) is 14.8. The van der Waals surface area contributed by atoms with Gasteiger partial charge in [0.25, 0.3) is 5.56 Å². The first-order chi connectivity index (χ1) is 10.7. The first-order valence-corrected chi connectivity index (χ1v) is 7.80. The molecule has 114 valence electrons. The number of hydrogen-bond donors (Lipinski definition) is 0. The predicted molar refractivity (Wildman–Crippen MR) is 87.1 cm³/mol. The average molecular weight is 297 g/mol. The summed E-state index contributed by atoms with van der Waals surface area (Å²) in [5.74, 6) is 1.52. The number of hydrogen-bond acceptors (Lipinski definition) is 4. The highest BCUT2D eigenvalue weighted by atomic mass is 16.5. The van der Waals surface area contributed by atoms with Crippen LogP contribution in [0, 0.1) is 5.92 Å². The van der Waals surface area contributed by atoms with Crippen molar-refractivity contribution in [3.63, 3.8) is 0 Å². The van der Waals surface area contributed by atoms with Crippen LogP contribution >= 0.6 is 0 Å². The molecule has 2 aromatic rings. The molecule has 0 radical (unpaired) electrons. The van der Waals surface area contributed by atoms with E-state index < -0.39 is 0 Å². The second-order valence-corrected chi connectivity index (χ2v) is 5.85. The topological polar surface area (TPSA) is 57.0 Å². The van der Waals surface area contributed by atoms with Crippen LogP contribution in [0.15, 0.2) is 35.3 Å². The fourth-order valence-corrected chi connectivity index (χ4v) is 2.74. The molecule has 0 saturated heterocycles. The lowest BCUT2D eigenvalue weighted by atomic mass is 9.98. The van der Waals surface area contributed by atoms with Crippen molar-refractivity contribution in [3.8, 4) is 5.88 Å². The fraction of sp³-hybridized carbons (Fsp3) is 0.438. The zero-order chi connectivity index (χ0) is 15.5. The van der Waals surface area contributed by atoms with Crippen molar-refractivity contribution in [2.24, 2.45) is 13.0 Å². The van der Waals surface area contributed by atoms with E-state index in [-0.39, 0.29) is 5.56 Å². The summed E-state index contributed by atoms with van der Waals surface area (Å²) in [5, 5.41) is 4.18. The zero-order valence-corrected chi connectivity index (χ0v) is 13.0. The van der Waals surface area contributed by atoms with E-state index in [1.54, 1.807) is 13.1 Å². The smallest absolute Gasteiger partial charge is 0.269 e. The number of rotatable bonds is 6. The minimum absolute atomic E-state index is 0.0352. The van der Waals surface area contributed by atoms with Crippen LogP contribution in [-0.2, 0) is 13.5 Å². The van der Waals surface area contributed by atoms with Crippen LogP contribution in [0.25, 0.3) is 0 Å². The third-order valence-corrected chi connectivity index (χ3v) is 4.07. The van der Waals surface area contributed by atoms with Gasteiger partial charge in [0, 0.05) is 42.4 Å². The van der Waals surface area contributed by atoms with Crippen molar-refractivity contribution in [1.82, 2.24) is 14.8 Å². The highest BCUT2D eigenvalue weighted by molar-refractivity contribution is 6.08. The number of aryl methyl sites for hydroxylation is 2. The van der Waals surface area contributed by atoms with Crippen LogP contribution in [0.5, 0.6) is 5.88 Å². The Labute approximate surface area is 130 Å². The summed E-state index contributed by atoms with van der Waals surface area (Å²) in [4.78, 5) is 16.3. The predicted octanol–water partition coefficient (Wildman–Crippen LogP) is 0.952. The molecule has 0 aliphatic heterocycles. The van der Waals surface area contributed by atoms with Crippen LogP contribution in [0.4, 0.5) is 0 Å². The van der Waals surface area contributed by atoms with Gasteiger partial charge in [0.15, 0.2) is 0 Å². The van der Waals surface area contributed by atoms with Gasteiger partial charge in [-0.2, -0.15) is 0 Å². The van der Waals surface area contributed by atoms with E-state index >= 15 is 0 Å². The van der Waals surface area contributed by atoms with E-state index in [0.29, 0.717) is 24.3 Å². The second kappa shape index (κ2) is 6.34. The van der Waals surface area contributed by atoms with Crippen LogP contribution in [0.2, 0.25) is 6.32 Å². The monoisotopic (exact) mass is 297 g/mol. The summed E-state index contributed by atoms with van der Waals surface area (Å²) < 4.78 is 7.17. The summed E-state index contributed by atoms with van der Waals surface area (Å²) >= 11 is 0. The molecule has 2 aromatic heterocycles. The quantitative estimate of drug-likeness (QED) is 0.745. The molecule has 2 heterocycles. The zero-order valence-electron chi connectivity index (χ0n) is 13.0. The second-order valence-electron chi connectivity index (χ2n) is 5.85. The Morgan fingerprint density at radius 1 is 1.45 bits per heavy atom. The molecular weight excluding hydrogens is 277 g/mol. The summed E-state index contributed by atoms with van der Waals surface area (Å²) in [5.41, 5.74) is 1.87. The van der Waals surface area contributed by atoms with Crippen LogP contribution in [0.3, 0.4) is 0 Å².